The Hall–Kier alpha value is -3.00. The van der Waals surface area contributed by atoms with E-state index in [9.17, 15) is 9.59 Å². The summed E-state index contributed by atoms with van der Waals surface area (Å²) in [4.78, 5) is 30.6. The summed E-state index contributed by atoms with van der Waals surface area (Å²) in [5.74, 6) is -0.327. The van der Waals surface area contributed by atoms with Crippen LogP contribution in [-0.2, 0) is 6.54 Å². The van der Waals surface area contributed by atoms with Crippen LogP contribution >= 0.6 is 11.3 Å². The van der Waals surface area contributed by atoms with Gasteiger partial charge in [-0.15, -0.1) is 11.3 Å². The molecule has 26 heavy (non-hydrogen) atoms. The molecule has 1 amide bonds. The van der Waals surface area contributed by atoms with Crippen LogP contribution in [0.4, 0.5) is 0 Å². The molecule has 132 valence electrons. The maximum atomic E-state index is 12.8. The van der Waals surface area contributed by atoms with E-state index in [1.165, 1.54) is 16.0 Å². The summed E-state index contributed by atoms with van der Waals surface area (Å²) in [7, 11) is 0. The van der Waals surface area contributed by atoms with Crippen molar-refractivity contribution >= 4 is 33.0 Å². The van der Waals surface area contributed by atoms with Crippen molar-refractivity contribution in [1.29, 1.82) is 0 Å². The second-order valence-corrected chi connectivity index (χ2v) is 7.12. The first-order valence-electron chi connectivity index (χ1n) is 8.25. The Balaban J connectivity index is 1.68. The number of carbonyl (C=O) groups excluding carboxylic acids is 1. The summed E-state index contributed by atoms with van der Waals surface area (Å²) in [6.45, 7) is 4.02. The number of imidazole rings is 1. The molecule has 0 fully saturated rings. The standard InChI is InChI=1S/C18H17N5O2S/c1-11(2)23-17(25)14-6-4-3-5-13(14)15(21-23)16(24)19-9-12-10-22-7-8-26-18(22)20-12/h3-8,10-11H,9H2,1-2H3,(H,19,24). The fraction of sp³-hybridized carbons (Fsp3) is 0.222. The highest BCUT2D eigenvalue weighted by molar-refractivity contribution is 7.15. The topological polar surface area (TPSA) is 81.3 Å². The van der Waals surface area contributed by atoms with Crippen molar-refractivity contribution < 1.29 is 4.79 Å². The second-order valence-electron chi connectivity index (χ2n) is 6.25. The van der Waals surface area contributed by atoms with Crippen molar-refractivity contribution in [3.8, 4) is 0 Å². The normalized spacial score (nSPS) is 11.5. The molecule has 3 aromatic heterocycles. The quantitative estimate of drug-likeness (QED) is 0.601. The van der Waals surface area contributed by atoms with E-state index in [1.807, 2.05) is 36.0 Å². The zero-order chi connectivity index (χ0) is 18.3. The van der Waals surface area contributed by atoms with Crippen molar-refractivity contribution in [3.63, 3.8) is 0 Å². The third-order valence-electron chi connectivity index (χ3n) is 4.11. The summed E-state index contributed by atoms with van der Waals surface area (Å²) in [5, 5.41) is 10.2. The number of fused-ring (bicyclic) bond motifs is 2. The average Bonchev–Trinajstić information content (AvgIpc) is 3.21. The average molecular weight is 367 g/mol. The van der Waals surface area contributed by atoms with Gasteiger partial charge in [0.05, 0.1) is 23.7 Å². The van der Waals surface area contributed by atoms with E-state index in [-0.39, 0.29) is 23.2 Å². The van der Waals surface area contributed by atoms with Gasteiger partial charge < -0.3 is 5.32 Å². The van der Waals surface area contributed by atoms with E-state index < -0.39 is 0 Å². The Morgan fingerprint density at radius 1 is 1.27 bits per heavy atom. The highest BCUT2D eigenvalue weighted by Gasteiger charge is 2.18. The first kappa shape index (κ1) is 16.5. The minimum atomic E-state index is -0.327. The molecule has 4 rings (SSSR count). The molecule has 0 saturated carbocycles. The number of hydrogen-bond donors (Lipinski definition) is 1. The molecule has 0 radical (unpaired) electrons. The number of amides is 1. The van der Waals surface area contributed by atoms with E-state index >= 15 is 0 Å². The van der Waals surface area contributed by atoms with Crippen LogP contribution in [-0.4, -0.2) is 25.1 Å². The van der Waals surface area contributed by atoms with Crippen LogP contribution < -0.4 is 10.9 Å². The van der Waals surface area contributed by atoms with Gasteiger partial charge in [-0.2, -0.15) is 5.10 Å². The Kier molecular flexibility index (Phi) is 4.04. The molecule has 0 aliphatic rings. The Bertz CT molecular complexity index is 1140. The number of nitrogens with zero attached hydrogens (tertiary/aromatic N) is 4. The van der Waals surface area contributed by atoms with Gasteiger partial charge in [-0.25, -0.2) is 9.67 Å². The third-order valence-corrected chi connectivity index (χ3v) is 4.88. The lowest BCUT2D eigenvalue weighted by Crippen LogP contribution is -2.31. The first-order valence-corrected chi connectivity index (χ1v) is 9.13. The number of benzene rings is 1. The summed E-state index contributed by atoms with van der Waals surface area (Å²) in [6.07, 6.45) is 3.80. The van der Waals surface area contributed by atoms with Crippen LogP contribution in [0.1, 0.15) is 36.1 Å². The fourth-order valence-corrected chi connectivity index (χ4v) is 3.56. The lowest BCUT2D eigenvalue weighted by Gasteiger charge is -2.13. The fourth-order valence-electron chi connectivity index (χ4n) is 2.84. The minimum absolute atomic E-state index is 0.140. The van der Waals surface area contributed by atoms with Crippen LogP contribution in [0, 0.1) is 0 Å². The molecular formula is C18H17N5O2S. The van der Waals surface area contributed by atoms with Gasteiger partial charge in [0.1, 0.15) is 0 Å². The minimum Gasteiger partial charge on any atom is -0.345 e. The van der Waals surface area contributed by atoms with Crippen LogP contribution in [0.3, 0.4) is 0 Å². The Labute approximate surface area is 152 Å². The maximum absolute atomic E-state index is 12.8. The molecule has 0 bridgehead atoms. The van der Waals surface area contributed by atoms with E-state index in [0.29, 0.717) is 17.3 Å². The third kappa shape index (κ3) is 2.78. The number of carbonyl (C=O) groups is 1. The van der Waals surface area contributed by atoms with Gasteiger partial charge >= 0.3 is 0 Å². The highest BCUT2D eigenvalue weighted by atomic mass is 32.1. The largest absolute Gasteiger partial charge is 0.345 e. The van der Waals surface area contributed by atoms with Gasteiger partial charge in [0.15, 0.2) is 10.7 Å². The first-order chi connectivity index (χ1) is 12.5. The number of hydrogen-bond acceptors (Lipinski definition) is 5. The SMILES string of the molecule is CC(C)n1nc(C(=O)NCc2cn3ccsc3n2)c2ccccc2c1=O. The van der Waals surface area contributed by atoms with Crippen molar-refractivity contribution in [2.75, 3.05) is 0 Å². The molecule has 1 N–H and O–H groups in total. The smallest absolute Gasteiger partial charge is 0.274 e. The van der Waals surface area contributed by atoms with E-state index in [1.54, 1.807) is 24.3 Å². The summed E-state index contributed by atoms with van der Waals surface area (Å²) in [5.41, 5.74) is 0.822. The number of nitrogens with one attached hydrogen (secondary N) is 1. The van der Waals surface area contributed by atoms with Gasteiger partial charge in [-0.05, 0) is 19.9 Å². The van der Waals surface area contributed by atoms with Gasteiger partial charge in [0.25, 0.3) is 11.5 Å². The second kappa shape index (κ2) is 6.38. The molecule has 1 aromatic carbocycles. The Morgan fingerprint density at radius 2 is 2.04 bits per heavy atom. The number of rotatable bonds is 4. The van der Waals surface area contributed by atoms with Crippen LogP contribution in [0.15, 0.2) is 46.8 Å². The highest BCUT2D eigenvalue weighted by Crippen LogP contribution is 2.15. The van der Waals surface area contributed by atoms with Gasteiger partial charge in [-0.1, -0.05) is 18.2 Å². The lowest BCUT2D eigenvalue weighted by atomic mass is 10.1. The summed E-state index contributed by atoms with van der Waals surface area (Å²) in [6, 6.07) is 6.91. The number of thiazole rings is 1. The molecule has 8 heteroatoms. The van der Waals surface area contributed by atoms with Gasteiger partial charge in [0, 0.05) is 23.2 Å². The van der Waals surface area contributed by atoms with Gasteiger partial charge in [0.2, 0.25) is 0 Å². The van der Waals surface area contributed by atoms with Crippen molar-refractivity contribution in [2.24, 2.45) is 0 Å². The van der Waals surface area contributed by atoms with E-state index in [2.05, 4.69) is 15.4 Å². The predicted octanol–water partition coefficient (Wildman–Crippen LogP) is 2.62. The van der Waals surface area contributed by atoms with Crippen molar-refractivity contribution in [3.05, 3.63) is 63.8 Å². The van der Waals surface area contributed by atoms with E-state index in [4.69, 9.17) is 0 Å². The van der Waals surface area contributed by atoms with Crippen molar-refractivity contribution in [1.82, 2.24) is 24.5 Å². The molecule has 7 nitrogen and oxygen atoms in total. The van der Waals surface area contributed by atoms with E-state index in [0.717, 1.165) is 10.7 Å². The summed E-state index contributed by atoms with van der Waals surface area (Å²) < 4.78 is 3.27. The molecule has 0 spiro atoms. The van der Waals surface area contributed by atoms with Crippen LogP contribution in [0.5, 0.6) is 0 Å². The van der Waals surface area contributed by atoms with Crippen molar-refractivity contribution in [2.45, 2.75) is 26.4 Å². The molecule has 0 atom stereocenters. The monoisotopic (exact) mass is 367 g/mol. The molecule has 0 saturated heterocycles. The molecular weight excluding hydrogens is 350 g/mol. The Morgan fingerprint density at radius 3 is 2.77 bits per heavy atom. The maximum Gasteiger partial charge on any atom is 0.274 e. The zero-order valence-electron chi connectivity index (χ0n) is 14.3. The van der Waals surface area contributed by atoms with Crippen LogP contribution in [0.25, 0.3) is 15.7 Å². The molecule has 0 unspecified atom stereocenters. The summed E-state index contributed by atoms with van der Waals surface area (Å²) >= 11 is 1.54. The lowest BCUT2D eigenvalue weighted by molar-refractivity contribution is 0.0944. The molecule has 4 aromatic rings. The molecule has 0 aliphatic heterocycles. The molecule has 3 heterocycles. The predicted molar refractivity (Wildman–Crippen MR) is 101 cm³/mol. The molecule has 0 aliphatic carbocycles. The zero-order valence-corrected chi connectivity index (χ0v) is 15.2. The number of aromatic nitrogens is 4. The van der Waals surface area contributed by atoms with Crippen LogP contribution in [0.2, 0.25) is 0 Å². The van der Waals surface area contributed by atoms with Gasteiger partial charge in [-0.3, -0.25) is 14.0 Å².